The molecule has 9 heteroatoms. The van der Waals surface area contributed by atoms with Gasteiger partial charge in [-0.15, -0.1) is 0 Å². The molecule has 0 aliphatic heterocycles. The Kier molecular flexibility index (Phi) is 11.0. The molecule has 3 atom stereocenters. The highest BCUT2D eigenvalue weighted by Gasteiger charge is 2.30. The monoisotopic (exact) mass is 414 g/mol. The van der Waals surface area contributed by atoms with Gasteiger partial charge in [-0.05, 0) is 43.7 Å². The molecule has 5 N–H and O–H groups in total. The highest BCUT2D eigenvalue weighted by Crippen LogP contribution is 2.45. The van der Waals surface area contributed by atoms with Crippen molar-refractivity contribution in [2.45, 2.75) is 45.1 Å². The third-order valence-corrected chi connectivity index (χ3v) is 5.83. The largest absolute Gasteiger partial charge is 0.479 e. The van der Waals surface area contributed by atoms with E-state index in [-0.39, 0.29) is 31.0 Å². The molecule has 1 aromatic rings. The molecule has 0 saturated carbocycles. The van der Waals surface area contributed by atoms with Crippen molar-refractivity contribution in [1.82, 2.24) is 5.32 Å². The number of carbonyl (C=O) groups excluding carboxylic acids is 1. The number of hydrogen-bond donors (Lipinski definition) is 4. The number of benzene rings is 1. The summed E-state index contributed by atoms with van der Waals surface area (Å²) in [6, 6.07) is 9.63. The van der Waals surface area contributed by atoms with Gasteiger partial charge in [0.1, 0.15) is 0 Å². The molecule has 0 aliphatic carbocycles. The Morgan fingerprint density at radius 3 is 2.54 bits per heavy atom. The second-order valence-corrected chi connectivity index (χ2v) is 8.78. The fourth-order valence-electron chi connectivity index (χ4n) is 2.67. The summed E-state index contributed by atoms with van der Waals surface area (Å²) in [5.74, 6) is -1.75. The molecule has 1 amide bonds. The minimum absolute atomic E-state index is 0.127. The Morgan fingerprint density at radius 2 is 1.93 bits per heavy atom. The van der Waals surface area contributed by atoms with E-state index in [4.69, 9.17) is 15.4 Å². The van der Waals surface area contributed by atoms with Crippen LogP contribution in [-0.4, -0.2) is 47.2 Å². The summed E-state index contributed by atoms with van der Waals surface area (Å²) in [6.07, 6.45) is 0.622. The molecule has 1 rings (SSSR count). The molecule has 28 heavy (non-hydrogen) atoms. The highest BCUT2D eigenvalue weighted by molar-refractivity contribution is 7.52. The minimum Gasteiger partial charge on any atom is -0.479 e. The Bertz CT molecular complexity index is 655. The smallest absolute Gasteiger partial charge is 0.333 e. The number of nitrogens with two attached hydrogens (primary N) is 1. The Labute approximate surface area is 166 Å². The number of rotatable bonds is 14. The molecular weight excluding hydrogens is 383 g/mol. The van der Waals surface area contributed by atoms with Gasteiger partial charge < -0.3 is 21.1 Å². The van der Waals surface area contributed by atoms with Crippen molar-refractivity contribution < 1.29 is 28.7 Å². The second kappa shape index (κ2) is 12.7. The van der Waals surface area contributed by atoms with E-state index in [0.29, 0.717) is 32.2 Å². The zero-order valence-corrected chi connectivity index (χ0v) is 17.1. The average molecular weight is 414 g/mol. The maximum Gasteiger partial charge on any atom is 0.333 e. The second-order valence-electron chi connectivity index (χ2n) is 6.93. The van der Waals surface area contributed by atoms with Crippen molar-refractivity contribution in [3.63, 3.8) is 0 Å². The molecule has 0 radical (unpaired) electrons. The fraction of sp³-hybridized carbons (Fsp3) is 0.579. The zero-order chi connectivity index (χ0) is 21.0. The van der Waals surface area contributed by atoms with Crippen molar-refractivity contribution >= 4 is 19.5 Å². The number of amides is 1. The first kappa shape index (κ1) is 24.3. The fourth-order valence-corrected chi connectivity index (χ4v) is 4.27. The number of aliphatic carboxylic acids is 1. The summed E-state index contributed by atoms with van der Waals surface area (Å²) in [4.78, 5) is 33.2. The molecule has 1 aromatic carbocycles. The van der Waals surface area contributed by atoms with Crippen LogP contribution in [0, 0.1) is 5.92 Å². The molecule has 0 bridgehead atoms. The molecule has 0 spiro atoms. The van der Waals surface area contributed by atoms with Gasteiger partial charge in [0.05, 0.1) is 6.16 Å². The maximum atomic E-state index is 12.3. The molecular formula is C19H31N2O6P. The molecule has 0 fully saturated rings. The van der Waals surface area contributed by atoms with Crippen molar-refractivity contribution in [2.24, 2.45) is 11.7 Å². The van der Waals surface area contributed by atoms with Crippen molar-refractivity contribution in [3.8, 4) is 0 Å². The third kappa shape index (κ3) is 10.6. The van der Waals surface area contributed by atoms with E-state index in [1.165, 1.54) is 0 Å². The van der Waals surface area contributed by atoms with Crippen molar-refractivity contribution in [2.75, 3.05) is 19.3 Å². The summed E-state index contributed by atoms with van der Waals surface area (Å²) in [5.41, 5.74) is 6.43. The van der Waals surface area contributed by atoms with E-state index in [2.05, 4.69) is 5.32 Å². The SMILES string of the molecule is CC(CNC(=O)CCc1ccccc1)CP(=O)(O)O[C@H](CCCCN)C(=O)O. The molecule has 0 heterocycles. The summed E-state index contributed by atoms with van der Waals surface area (Å²) in [7, 11) is -4.09. The standard InChI is InChI=1S/C19H31N2O6P/c1-15(13-21-18(22)11-10-16-7-3-2-4-8-16)14-28(25,26)27-17(19(23)24)9-5-6-12-20/h2-4,7-8,15,17H,5-6,9-14,20H2,1H3,(H,21,22)(H,23,24)(H,25,26)/t15?,17-/m1/s1. The number of nitrogens with one attached hydrogen (secondary N) is 1. The number of unbranched alkanes of at least 4 members (excludes halogenated alkanes) is 1. The molecule has 0 aliphatic rings. The number of carboxylic acids is 1. The molecule has 8 nitrogen and oxygen atoms in total. The zero-order valence-electron chi connectivity index (χ0n) is 16.3. The van der Waals surface area contributed by atoms with Crippen LogP contribution in [0.3, 0.4) is 0 Å². The number of carbonyl (C=O) groups is 2. The van der Waals surface area contributed by atoms with Crippen LogP contribution in [0.2, 0.25) is 0 Å². The lowest BCUT2D eigenvalue weighted by Crippen LogP contribution is -2.30. The van der Waals surface area contributed by atoms with Crippen LogP contribution < -0.4 is 11.1 Å². The van der Waals surface area contributed by atoms with Crippen molar-refractivity contribution in [3.05, 3.63) is 35.9 Å². The van der Waals surface area contributed by atoms with Crippen LogP contribution in [0.4, 0.5) is 0 Å². The van der Waals surface area contributed by atoms with E-state index >= 15 is 0 Å². The number of aryl methyl sites for hydroxylation is 1. The highest BCUT2D eigenvalue weighted by atomic mass is 31.2. The summed E-state index contributed by atoms with van der Waals surface area (Å²) >= 11 is 0. The van der Waals surface area contributed by atoms with Gasteiger partial charge in [-0.25, -0.2) is 4.79 Å². The molecule has 0 aromatic heterocycles. The maximum absolute atomic E-state index is 12.3. The Balaban J connectivity index is 2.38. The van der Waals surface area contributed by atoms with Gasteiger partial charge in [-0.2, -0.15) is 0 Å². The van der Waals surface area contributed by atoms with Crippen LogP contribution in [0.25, 0.3) is 0 Å². The predicted molar refractivity (Wildman–Crippen MR) is 107 cm³/mol. The lowest BCUT2D eigenvalue weighted by atomic mass is 10.1. The summed E-state index contributed by atoms with van der Waals surface area (Å²) in [5, 5.41) is 11.9. The van der Waals surface area contributed by atoms with Gasteiger partial charge in [0.15, 0.2) is 6.10 Å². The van der Waals surface area contributed by atoms with Crippen LogP contribution >= 0.6 is 7.60 Å². The topological polar surface area (TPSA) is 139 Å². The van der Waals surface area contributed by atoms with E-state index in [1.54, 1.807) is 6.92 Å². The normalized spacial score (nSPS) is 15.4. The van der Waals surface area contributed by atoms with Crippen LogP contribution in [0.5, 0.6) is 0 Å². The first-order chi connectivity index (χ1) is 13.2. The van der Waals surface area contributed by atoms with Crippen LogP contribution in [0.15, 0.2) is 30.3 Å². The van der Waals surface area contributed by atoms with Gasteiger partial charge in [0.25, 0.3) is 0 Å². The van der Waals surface area contributed by atoms with Crippen LogP contribution in [-0.2, 0) is 25.1 Å². The quantitative estimate of drug-likeness (QED) is 0.270. The third-order valence-electron chi connectivity index (χ3n) is 4.16. The van der Waals surface area contributed by atoms with Crippen molar-refractivity contribution in [1.29, 1.82) is 0 Å². The first-order valence-corrected chi connectivity index (χ1v) is 11.2. The molecule has 0 saturated heterocycles. The van der Waals surface area contributed by atoms with E-state index in [1.807, 2.05) is 30.3 Å². The van der Waals surface area contributed by atoms with E-state index in [0.717, 1.165) is 5.56 Å². The molecule has 2 unspecified atom stereocenters. The number of hydrogen-bond acceptors (Lipinski definition) is 5. The van der Waals surface area contributed by atoms with Gasteiger partial charge >= 0.3 is 13.6 Å². The summed E-state index contributed by atoms with van der Waals surface area (Å²) in [6.45, 7) is 2.34. The molecule has 158 valence electrons. The average Bonchev–Trinajstić information content (AvgIpc) is 2.64. The van der Waals surface area contributed by atoms with E-state index < -0.39 is 19.7 Å². The lowest BCUT2D eigenvalue weighted by molar-refractivity contribution is -0.145. The predicted octanol–water partition coefficient (Wildman–Crippen LogP) is 2.16. The van der Waals surface area contributed by atoms with Gasteiger partial charge in [-0.1, -0.05) is 37.3 Å². The minimum atomic E-state index is -4.09. The van der Waals surface area contributed by atoms with Gasteiger partial charge in [0.2, 0.25) is 5.91 Å². The van der Waals surface area contributed by atoms with Crippen LogP contribution in [0.1, 0.15) is 38.2 Å². The first-order valence-electron chi connectivity index (χ1n) is 9.47. The Morgan fingerprint density at radius 1 is 1.25 bits per heavy atom. The van der Waals surface area contributed by atoms with E-state index in [9.17, 15) is 19.0 Å². The number of carboxylic acid groups (broad SMARTS) is 1. The summed E-state index contributed by atoms with van der Waals surface area (Å²) < 4.78 is 17.2. The van der Waals surface area contributed by atoms with Gasteiger partial charge in [-0.3, -0.25) is 13.9 Å². The van der Waals surface area contributed by atoms with Gasteiger partial charge in [0, 0.05) is 13.0 Å². The Hall–Kier alpha value is -1.73. The lowest BCUT2D eigenvalue weighted by Gasteiger charge is -2.21.